The molecule has 0 aliphatic carbocycles. The molecular weight excluding hydrogens is 152 g/mol. The molecule has 0 saturated carbocycles. The van der Waals surface area contributed by atoms with Crippen LogP contribution < -0.4 is 11.5 Å². The first-order valence-corrected chi connectivity index (χ1v) is 4.72. The Hall–Kier alpha value is -0.120. The number of hydrogen-bond donors (Lipinski definition) is 2. The van der Waals surface area contributed by atoms with E-state index in [4.69, 9.17) is 16.2 Å². The first-order chi connectivity index (χ1) is 5.70. The molecule has 0 unspecified atom stereocenters. The van der Waals surface area contributed by atoms with E-state index < -0.39 is 0 Å². The molecule has 3 heteroatoms. The predicted molar refractivity (Wildman–Crippen MR) is 51.9 cm³/mol. The molecular formula is C9H22N2O. The van der Waals surface area contributed by atoms with Crippen molar-refractivity contribution < 1.29 is 4.74 Å². The molecule has 0 rings (SSSR count). The van der Waals surface area contributed by atoms with Crippen LogP contribution in [0.2, 0.25) is 0 Å². The Labute approximate surface area is 75.5 Å². The van der Waals surface area contributed by atoms with Gasteiger partial charge in [0.05, 0.1) is 6.10 Å². The second kappa shape index (κ2) is 7.53. The van der Waals surface area contributed by atoms with Gasteiger partial charge in [-0.05, 0) is 31.8 Å². The lowest BCUT2D eigenvalue weighted by molar-refractivity contribution is 0.0285. The maximum absolute atomic E-state index is 5.62. The summed E-state index contributed by atoms with van der Waals surface area (Å²) in [5.41, 5.74) is 10.9. The van der Waals surface area contributed by atoms with Gasteiger partial charge < -0.3 is 16.2 Å². The number of rotatable bonds is 7. The van der Waals surface area contributed by atoms with E-state index in [2.05, 4.69) is 13.8 Å². The summed E-state index contributed by atoms with van der Waals surface area (Å²) in [4.78, 5) is 0. The van der Waals surface area contributed by atoms with Gasteiger partial charge in [0.25, 0.3) is 0 Å². The fourth-order valence-corrected chi connectivity index (χ4v) is 1.01. The lowest BCUT2D eigenvalue weighted by Crippen LogP contribution is -2.23. The minimum Gasteiger partial charge on any atom is -0.378 e. The second-order valence-electron chi connectivity index (χ2n) is 3.50. The van der Waals surface area contributed by atoms with Gasteiger partial charge in [-0.2, -0.15) is 0 Å². The minimum atomic E-state index is 0.266. The highest BCUT2D eigenvalue weighted by Gasteiger charge is 2.07. The lowest BCUT2D eigenvalue weighted by Gasteiger charge is -2.17. The van der Waals surface area contributed by atoms with E-state index in [1.54, 1.807) is 0 Å². The average Bonchev–Trinajstić information content (AvgIpc) is 2.01. The predicted octanol–water partition coefficient (Wildman–Crippen LogP) is 0.725. The SMILES string of the molecule is CC(C)COC(CCN)CCN. The Bertz CT molecular complexity index is 90.5. The maximum Gasteiger partial charge on any atom is 0.0599 e. The molecule has 0 aromatic heterocycles. The zero-order valence-corrected chi connectivity index (χ0v) is 8.25. The van der Waals surface area contributed by atoms with Crippen molar-refractivity contribution in [1.29, 1.82) is 0 Å². The Morgan fingerprint density at radius 3 is 1.92 bits per heavy atom. The molecule has 12 heavy (non-hydrogen) atoms. The maximum atomic E-state index is 5.62. The molecule has 74 valence electrons. The summed E-state index contributed by atoms with van der Waals surface area (Å²) in [6.07, 6.45) is 2.11. The Morgan fingerprint density at radius 1 is 1.08 bits per heavy atom. The highest BCUT2D eigenvalue weighted by Crippen LogP contribution is 2.04. The smallest absolute Gasteiger partial charge is 0.0599 e. The summed E-state index contributed by atoms with van der Waals surface area (Å²) in [6.45, 7) is 6.46. The fraction of sp³-hybridized carbons (Fsp3) is 1.00. The first-order valence-electron chi connectivity index (χ1n) is 4.72. The molecule has 0 spiro atoms. The minimum absolute atomic E-state index is 0.266. The molecule has 0 aliphatic rings. The molecule has 0 atom stereocenters. The highest BCUT2D eigenvalue weighted by atomic mass is 16.5. The quantitative estimate of drug-likeness (QED) is 0.598. The molecule has 0 fully saturated rings. The van der Waals surface area contributed by atoms with E-state index in [0.29, 0.717) is 19.0 Å². The third-order valence-corrected chi connectivity index (χ3v) is 1.64. The summed E-state index contributed by atoms with van der Waals surface area (Å²) in [7, 11) is 0. The van der Waals surface area contributed by atoms with E-state index in [1.165, 1.54) is 0 Å². The van der Waals surface area contributed by atoms with Crippen molar-refractivity contribution in [2.45, 2.75) is 32.8 Å². The van der Waals surface area contributed by atoms with E-state index in [1.807, 2.05) is 0 Å². The van der Waals surface area contributed by atoms with Crippen molar-refractivity contribution in [2.24, 2.45) is 17.4 Å². The van der Waals surface area contributed by atoms with Gasteiger partial charge >= 0.3 is 0 Å². The summed E-state index contributed by atoms with van der Waals surface area (Å²) in [5, 5.41) is 0. The van der Waals surface area contributed by atoms with Gasteiger partial charge in [-0.25, -0.2) is 0 Å². The van der Waals surface area contributed by atoms with Crippen molar-refractivity contribution in [3.8, 4) is 0 Å². The molecule has 0 aromatic rings. The van der Waals surface area contributed by atoms with Crippen molar-refractivity contribution in [3.05, 3.63) is 0 Å². The second-order valence-corrected chi connectivity index (χ2v) is 3.50. The van der Waals surface area contributed by atoms with Crippen molar-refractivity contribution in [1.82, 2.24) is 0 Å². The molecule has 0 saturated heterocycles. The van der Waals surface area contributed by atoms with Gasteiger partial charge in [0.15, 0.2) is 0 Å². The Balaban J connectivity index is 3.48. The first kappa shape index (κ1) is 11.9. The molecule has 0 radical (unpaired) electrons. The van der Waals surface area contributed by atoms with Crippen LogP contribution in [0.3, 0.4) is 0 Å². The van der Waals surface area contributed by atoms with Crippen molar-refractivity contribution >= 4 is 0 Å². The summed E-state index contributed by atoms with van der Waals surface area (Å²) in [6, 6.07) is 0. The number of nitrogens with two attached hydrogens (primary N) is 2. The third kappa shape index (κ3) is 6.58. The van der Waals surface area contributed by atoms with Crippen LogP contribution in [0.5, 0.6) is 0 Å². The largest absolute Gasteiger partial charge is 0.378 e. The van der Waals surface area contributed by atoms with Crippen LogP contribution in [-0.2, 0) is 4.74 Å². The summed E-state index contributed by atoms with van der Waals surface area (Å²) in [5.74, 6) is 0.586. The van der Waals surface area contributed by atoms with Crippen LogP contribution in [0.4, 0.5) is 0 Å². The molecule has 0 amide bonds. The topological polar surface area (TPSA) is 61.3 Å². The van der Waals surface area contributed by atoms with Crippen LogP contribution in [-0.4, -0.2) is 25.8 Å². The van der Waals surface area contributed by atoms with E-state index >= 15 is 0 Å². The van der Waals surface area contributed by atoms with Crippen molar-refractivity contribution in [2.75, 3.05) is 19.7 Å². The zero-order valence-electron chi connectivity index (χ0n) is 8.25. The molecule has 3 nitrogen and oxygen atoms in total. The average molecular weight is 174 g/mol. The number of hydrogen-bond acceptors (Lipinski definition) is 3. The molecule has 0 bridgehead atoms. The molecule has 0 heterocycles. The molecule has 4 N–H and O–H groups in total. The van der Waals surface area contributed by atoms with Crippen LogP contribution in [0.1, 0.15) is 26.7 Å². The van der Waals surface area contributed by atoms with Crippen LogP contribution in [0.15, 0.2) is 0 Å². The van der Waals surface area contributed by atoms with Crippen LogP contribution >= 0.6 is 0 Å². The van der Waals surface area contributed by atoms with Crippen molar-refractivity contribution in [3.63, 3.8) is 0 Å². The number of ether oxygens (including phenoxy) is 1. The monoisotopic (exact) mass is 174 g/mol. The Morgan fingerprint density at radius 2 is 1.58 bits per heavy atom. The van der Waals surface area contributed by atoms with Gasteiger partial charge in [-0.3, -0.25) is 0 Å². The van der Waals surface area contributed by atoms with Gasteiger partial charge in [-0.1, -0.05) is 13.8 Å². The van der Waals surface area contributed by atoms with Gasteiger partial charge in [0.1, 0.15) is 0 Å². The lowest BCUT2D eigenvalue weighted by atomic mass is 10.2. The van der Waals surface area contributed by atoms with Crippen LogP contribution in [0, 0.1) is 5.92 Å². The van der Waals surface area contributed by atoms with Gasteiger partial charge in [-0.15, -0.1) is 0 Å². The zero-order chi connectivity index (χ0) is 9.40. The molecule has 0 aromatic carbocycles. The third-order valence-electron chi connectivity index (χ3n) is 1.64. The van der Waals surface area contributed by atoms with Gasteiger partial charge in [0, 0.05) is 6.61 Å². The fourth-order valence-electron chi connectivity index (χ4n) is 1.01. The van der Waals surface area contributed by atoms with E-state index in [-0.39, 0.29) is 6.10 Å². The summed E-state index contributed by atoms with van der Waals surface area (Å²) >= 11 is 0. The highest BCUT2D eigenvalue weighted by molar-refractivity contribution is 4.59. The normalized spacial score (nSPS) is 11.5. The van der Waals surface area contributed by atoms with Gasteiger partial charge in [0.2, 0.25) is 0 Å². The van der Waals surface area contributed by atoms with Crippen LogP contribution in [0.25, 0.3) is 0 Å². The van der Waals surface area contributed by atoms with E-state index in [9.17, 15) is 0 Å². The standard InChI is InChI=1S/C9H22N2O/c1-8(2)7-12-9(3-5-10)4-6-11/h8-9H,3-7,10-11H2,1-2H3. The Kier molecular flexibility index (Phi) is 7.45. The summed E-state index contributed by atoms with van der Waals surface area (Å²) < 4.78 is 5.62. The molecule has 0 aliphatic heterocycles. The van der Waals surface area contributed by atoms with E-state index in [0.717, 1.165) is 19.4 Å².